The van der Waals surface area contributed by atoms with Gasteiger partial charge in [-0.3, -0.25) is 0 Å². The summed E-state index contributed by atoms with van der Waals surface area (Å²) in [4.78, 5) is 12.3. The fraction of sp³-hybridized carbons (Fsp3) is 0.174. The van der Waals surface area contributed by atoms with E-state index in [0.717, 1.165) is 5.56 Å². The molecule has 3 aromatic rings. The van der Waals surface area contributed by atoms with Crippen LogP contribution in [0.4, 0.5) is 4.79 Å². The van der Waals surface area contributed by atoms with E-state index in [0.29, 0.717) is 0 Å². The maximum atomic E-state index is 12.3. The van der Waals surface area contributed by atoms with Crippen LogP contribution in [0.25, 0.3) is 11.1 Å². The van der Waals surface area contributed by atoms with Crippen LogP contribution >= 0.6 is 0 Å². The first-order valence-corrected chi connectivity index (χ1v) is 9.05. The van der Waals surface area contributed by atoms with Gasteiger partial charge in [-0.05, 0) is 27.8 Å². The van der Waals surface area contributed by atoms with Crippen molar-refractivity contribution < 1.29 is 14.6 Å². The lowest BCUT2D eigenvalue weighted by atomic mass is 9.98. The lowest BCUT2D eigenvalue weighted by Crippen LogP contribution is -2.32. The quantitative estimate of drug-likeness (QED) is 0.716. The molecule has 0 aliphatic heterocycles. The third-order valence-electron chi connectivity index (χ3n) is 5.02. The van der Waals surface area contributed by atoms with Crippen LogP contribution in [0.1, 0.15) is 28.7 Å². The highest BCUT2D eigenvalue weighted by atomic mass is 16.5. The number of nitrogens with one attached hydrogen (secondary N) is 1. The van der Waals surface area contributed by atoms with E-state index < -0.39 is 12.1 Å². The fourth-order valence-corrected chi connectivity index (χ4v) is 3.70. The normalized spacial score (nSPS) is 13.5. The minimum absolute atomic E-state index is 0.0208. The number of aliphatic hydroxyl groups excluding tert-OH is 1. The van der Waals surface area contributed by atoms with Crippen LogP contribution in [0.15, 0.2) is 78.9 Å². The van der Waals surface area contributed by atoms with Crippen LogP contribution in [0.5, 0.6) is 0 Å². The molecule has 1 amide bonds. The number of fused-ring (bicyclic) bond motifs is 3. The van der Waals surface area contributed by atoms with E-state index in [4.69, 9.17) is 4.74 Å². The molecule has 0 unspecified atom stereocenters. The summed E-state index contributed by atoms with van der Waals surface area (Å²) in [5.41, 5.74) is 5.58. The number of hydrogen-bond acceptors (Lipinski definition) is 3. The van der Waals surface area contributed by atoms with E-state index in [-0.39, 0.29) is 19.1 Å². The second-order valence-corrected chi connectivity index (χ2v) is 6.62. The van der Waals surface area contributed by atoms with Gasteiger partial charge in [0.25, 0.3) is 0 Å². The molecular weight excluding hydrogens is 338 g/mol. The highest BCUT2D eigenvalue weighted by molar-refractivity contribution is 5.79. The molecule has 0 heterocycles. The second-order valence-electron chi connectivity index (χ2n) is 6.62. The van der Waals surface area contributed by atoms with E-state index in [1.54, 1.807) is 0 Å². The molecule has 0 fully saturated rings. The monoisotopic (exact) mass is 359 g/mol. The number of ether oxygens (including phenoxy) is 1. The Kier molecular flexibility index (Phi) is 4.90. The molecule has 4 rings (SSSR count). The molecule has 0 spiro atoms. The van der Waals surface area contributed by atoms with E-state index in [2.05, 4.69) is 29.6 Å². The SMILES string of the molecule is O=C(N[C@@H](CO)c1ccccc1)OCC1c2ccccc2-c2ccccc21. The van der Waals surface area contributed by atoms with Crippen molar-refractivity contribution in [3.8, 4) is 11.1 Å². The number of amides is 1. The molecule has 3 aromatic carbocycles. The standard InChI is InChI=1S/C23H21NO3/c25-14-22(16-8-2-1-3-9-16)24-23(26)27-15-21-19-12-6-4-10-17(19)18-11-5-7-13-20(18)21/h1-13,21-22,25H,14-15H2,(H,24,26)/t22-/m0/s1. The molecule has 4 heteroatoms. The number of aliphatic hydroxyl groups is 1. The summed E-state index contributed by atoms with van der Waals surface area (Å²) >= 11 is 0. The van der Waals surface area contributed by atoms with Gasteiger partial charge in [-0.25, -0.2) is 4.79 Å². The van der Waals surface area contributed by atoms with Gasteiger partial charge in [0, 0.05) is 5.92 Å². The van der Waals surface area contributed by atoms with E-state index >= 15 is 0 Å². The van der Waals surface area contributed by atoms with Gasteiger partial charge in [-0.1, -0.05) is 78.9 Å². The van der Waals surface area contributed by atoms with Gasteiger partial charge >= 0.3 is 6.09 Å². The first-order chi connectivity index (χ1) is 13.3. The van der Waals surface area contributed by atoms with Crippen LogP contribution in [0, 0.1) is 0 Å². The summed E-state index contributed by atoms with van der Waals surface area (Å²) in [5, 5.41) is 12.3. The van der Waals surface area contributed by atoms with Crippen molar-refractivity contribution in [2.24, 2.45) is 0 Å². The highest BCUT2D eigenvalue weighted by Gasteiger charge is 2.29. The molecule has 0 radical (unpaired) electrons. The van der Waals surface area contributed by atoms with Crippen molar-refractivity contribution >= 4 is 6.09 Å². The zero-order chi connectivity index (χ0) is 18.6. The summed E-state index contributed by atoms with van der Waals surface area (Å²) in [5.74, 6) is 0.0208. The first kappa shape index (κ1) is 17.3. The maximum absolute atomic E-state index is 12.3. The molecule has 4 nitrogen and oxygen atoms in total. The van der Waals surface area contributed by atoms with Crippen molar-refractivity contribution in [1.82, 2.24) is 5.32 Å². The molecule has 27 heavy (non-hydrogen) atoms. The van der Waals surface area contributed by atoms with Gasteiger partial charge in [0.15, 0.2) is 0 Å². The van der Waals surface area contributed by atoms with Gasteiger partial charge in [0.2, 0.25) is 0 Å². The minimum atomic E-state index is -0.528. The van der Waals surface area contributed by atoms with E-state index in [1.165, 1.54) is 22.3 Å². The lowest BCUT2D eigenvalue weighted by molar-refractivity contribution is 0.132. The van der Waals surface area contributed by atoms with Crippen LogP contribution in [-0.2, 0) is 4.74 Å². The zero-order valence-electron chi connectivity index (χ0n) is 14.8. The molecular formula is C23H21NO3. The largest absolute Gasteiger partial charge is 0.449 e. The Morgan fingerprint density at radius 2 is 1.44 bits per heavy atom. The van der Waals surface area contributed by atoms with Gasteiger partial charge in [0.05, 0.1) is 12.6 Å². The Morgan fingerprint density at radius 3 is 2.04 bits per heavy atom. The topological polar surface area (TPSA) is 58.6 Å². The Morgan fingerprint density at radius 1 is 0.889 bits per heavy atom. The molecule has 0 aromatic heterocycles. The van der Waals surface area contributed by atoms with E-state index in [9.17, 15) is 9.90 Å². The van der Waals surface area contributed by atoms with Crippen molar-refractivity contribution in [1.29, 1.82) is 0 Å². The second kappa shape index (κ2) is 7.64. The fourth-order valence-electron chi connectivity index (χ4n) is 3.70. The van der Waals surface area contributed by atoms with Crippen molar-refractivity contribution in [2.75, 3.05) is 13.2 Å². The summed E-state index contributed by atoms with van der Waals surface area (Å²) < 4.78 is 5.53. The molecule has 1 aliphatic carbocycles. The van der Waals surface area contributed by atoms with Crippen molar-refractivity contribution in [3.63, 3.8) is 0 Å². The Bertz CT molecular complexity index is 894. The smallest absolute Gasteiger partial charge is 0.407 e. The van der Waals surface area contributed by atoms with Crippen molar-refractivity contribution in [3.05, 3.63) is 95.6 Å². The minimum Gasteiger partial charge on any atom is -0.449 e. The van der Waals surface area contributed by atoms with Crippen LogP contribution < -0.4 is 5.32 Å². The number of hydrogen-bond donors (Lipinski definition) is 2. The average Bonchev–Trinajstić information content (AvgIpc) is 3.05. The van der Waals surface area contributed by atoms with Crippen LogP contribution in [0.2, 0.25) is 0 Å². The number of benzene rings is 3. The van der Waals surface area contributed by atoms with Gasteiger partial charge in [-0.15, -0.1) is 0 Å². The predicted octanol–water partition coefficient (Wildman–Crippen LogP) is 4.26. The van der Waals surface area contributed by atoms with Gasteiger partial charge in [-0.2, -0.15) is 0 Å². The van der Waals surface area contributed by atoms with Gasteiger partial charge < -0.3 is 15.2 Å². The maximum Gasteiger partial charge on any atom is 0.407 e. The zero-order valence-corrected chi connectivity index (χ0v) is 14.8. The third-order valence-corrected chi connectivity index (χ3v) is 5.02. The summed E-state index contributed by atoms with van der Waals surface area (Å²) in [6.07, 6.45) is -0.528. The highest BCUT2D eigenvalue weighted by Crippen LogP contribution is 2.44. The predicted molar refractivity (Wildman–Crippen MR) is 104 cm³/mol. The number of alkyl carbamates (subject to hydrolysis) is 1. The molecule has 1 aliphatic rings. The van der Waals surface area contributed by atoms with Crippen LogP contribution in [-0.4, -0.2) is 24.4 Å². The average molecular weight is 359 g/mol. The van der Waals surface area contributed by atoms with Gasteiger partial charge in [0.1, 0.15) is 6.61 Å². The molecule has 0 bridgehead atoms. The molecule has 2 N–H and O–H groups in total. The Hall–Kier alpha value is -3.11. The first-order valence-electron chi connectivity index (χ1n) is 9.05. The van der Waals surface area contributed by atoms with Crippen LogP contribution in [0.3, 0.4) is 0 Å². The lowest BCUT2D eigenvalue weighted by Gasteiger charge is -2.18. The molecule has 0 saturated carbocycles. The number of carbonyl (C=O) groups excluding carboxylic acids is 1. The van der Waals surface area contributed by atoms with Crippen molar-refractivity contribution in [2.45, 2.75) is 12.0 Å². The summed E-state index contributed by atoms with van der Waals surface area (Å²) in [6.45, 7) is 0.0704. The number of carbonyl (C=O) groups is 1. The molecule has 1 atom stereocenters. The third kappa shape index (κ3) is 3.44. The Balaban J connectivity index is 1.46. The van der Waals surface area contributed by atoms with E-state index in [1.807, 2.05) is 54.6 Å². The summed E-state index contributed by atoms with van der Waals surface area (Å²) in [6, 6.07) is 25.3. The summed E-state index contributed by atoms with van der Waals surface area (Å²) in [7, 11) is 0. The molecule has 0 saturated heterocycles. The Labute approximate surface area is 158 Å². The molecule has 136 valence electrons. The number of rotatable bonds is 5.